The van der Waals surface area contributed by atoms with Gasteiger partial charge in [-0.15, -0.1) is 0 Å². The predicted octanol–water partition coefficient (Wildman–Crippen LogP) is 1.11. The lowest BCUT2D eigenvalue weighted by atomic mass is 10.2. The minimum absolute atomic E-state index is 0.128. The molecule has 4 nitrogen and oxygen atoms in total. The largest absolute Gasteiger partial charge is 0.399 e. The van der Waals surface area contributed by atoms with E-state index in [0.29, 0.717) is 24.3 Å². The summed E-state index contributed by atoms with van der Waals surface area (Å²) in [6.07, 6.45) is 0.773. The molecule has 0 unspecified atom stereocenters. The molecule has 1 rings (SSSR count). The highest BCUT2D eigenvalue weighted by Crippen LogP contribution is 2.17. The van der Waals surface area contributed by atoms with Gasteiger partial charge in [0.25, 0.3) is 5.91 Å². The minimum Gasteiger partial charge on any atom is -0.399 e. The van der Waals surface area contributed by atoms with Crippen molar-refractivity contribution < 1.29 is 4.79 Å². The van der Waals surface area contributed by atoms with Crippen LogP contribution >= 0.6 is 15.9 Å². The van der Waals surface area contributed by atoms with E-state index in [-0.39, 0.29) is 5.91 Å². The normalized spacial score (nSPS) is 10.0. The highest BCUT2D eigenvalue weighted by molar-refractivity contribution is 9.10. The third kappa shape index (κ3) is 3.89. The zero-order valence-corrected chi connectivity index (χ0v) is 9.88. The Bertz CT molecular complexity index is 334. The third-order valence-corrected chi connectivity index (χ3v) is 2.31. The molecule has 0 aromatic heterocycles. The van der Waals surface area contributed by atoms with Crippen molar-refractivity contribution in [2.75, 3.05) is 18.8 Å². The van der Waals surface area contributed by atoms with E-state index in [1.54, 1.807) is 18.2 Å². The van der Waals surface area contributed by atoms with Crippen LogP contribution in [0.4, 0.5) is 5.69 Å². The van der Waals surface area contributed by atoms with Gasteiger partial charge in [0.2, 0.25) is 0 Å². The number of anilines is 1. The fourth-order valence-electron chi connectivity index (χ4n) is 1.15. The van der Waals surface area contributed by atoms with Crippen LogP contribution in [0.3, 0.4) is 0 Å². The first-order valence-corrected chi connectivity index (χ1v) is 5.47. The molecule has 0 saturated carbocycles. The van der Waals surface area contributed by atoms with Crippen molar-refractivity contribution in [2.24, 2.45) is 5.73 Å². The summed E-state index contributed by atoms with van der Waals surface area (Å²) in [6.45, 7) is 1.16. The van der Waals surface area contributed by atoms with Crippen molar-refractivity contribution in [3.05, 3.63) is 28.2 Å². The highest BCUT2D eigenvalue weighted by atomic mass is 79.9. The summed E-state index contributed by atoms with van der Waals surface area (Å²) in [4.78, 5) is 11.6. The monoisotopic (exact) mass is 271 g/mol. The van der Waals surface area contributed by atoms with Gasteiger partial charge < -0.3 is 16.8 Å². The van der Waals surface area contributed by atoms with Gasteiger partial charge in [-0.3, -0.25) is 4.79 Å². The van der Waals surface area contributed by atoms with Gasteiger partial charge in [-0.1, -0.05) is 15.9 Å². The van der Waals surface area contributed by atoms with Crippen molar-refractivity contribution in [3.8, 4) is 0 Å². The molecule has 0 fully saturated rings. The maximum Gasteiger partial charge on any atom is 0.251 e. The number of nitrogens with two attached hydrogens (primary N) is 2. The summed E-state index contributed by atoms with van der Waals surface area (Å²) in [7, 11) is 0. The molecule has 0 aliphatic rings. The number of amides is 1. The molecular formula is C10H14BrN3O. The molecule has 0 saturated heterocycles. The molecule has 0 aliphatic heterocycles. The van der Waals surface area contributed by atoms with Crippen LogP contribution in [0, 0.1) is 0 Å². The Morgan fingerprint density at radius 3 is 2.73 bits per heavy atom. The first kappa shape index (κ1) is 12.0. The molecule has 0 aliphatic carbocycles. The average molecular weight is 272 g/mol. The zero-order chi connectivity index (χ0) is 11.3. The molecule has 5 heteroatoms. The second-order valence-electron chi connectivity index (χ2n) is 3.17. The molecule has 1 aromatic rings. The predicted molar refractivity (Wildman–Crippen MR) is 64.6 cm³/mol. The van der Waals surface area contributed by atoms with E-state index < -0.39 is 0 Å². The lowest BCUT2D eigenvalue weighted by Crippen LogP contribution is -2.26. The summed E-state index contributed by atoms with van der Waals surface area (Å²) in [5.74, 6) is -0.128. The molecule has 0 radical (unpaired) electrons. The SMILES string of the molecule is NCCCNC(=O)c1cc(N)cc(Br)c1. The van der Waals surface area contributed by atoms with E-state index in [1.807, 2.05) is 0 Å². The van der Waals surface area contributed by atoms with Crippen LogP contribution < -0.4 is 16.8 Å². The number of hydrogen-bond donors (Lipinski definition) is 3. The quantitative estimate of drug-likeness (QED) is 0.567. The zero-order valence-electron chi connectivity index (χ0n) is 8.29. The smallest absolute Gasteiger partial charge is 0.251 e. The Labute approximate surface area is 97.1 Å². The first-order chi connectivity index (χ1) is 7.13. The van der Waals surface area contributed by atoms with Gasteiger partial charge in [0.05, 0.1) is 0 Å². The van der Waals surface area contributed by atoms with Crippen molar-refractivity contribution in [1.82, 2.24) is 5.32 Å². The topological polar surface area (TPSA) is 81.1 Å². The van der Waals surface area contributed by atoms with E-state index in [1.165, 1.54) is 0 Å². The number of benzene rings is 1. The van der Waals surface area contributed by atoms with Gasteiger partial charge in [-0.05, 0) is 31.2 Å². The van der Waals surface area contributed by atoms with Gasteiger partial charge in [-0.25, -0.2) is 0 Å². The van der Waals surface area contributed by atoms with E-state index in [9.17, 15) is 4.79 Å². The Hall–Kier alpha value is -1.07. The molecule has 0 bridgehead atoms. The summed E-state index contributed by atoms with van der Waals surface area (Å²) in [5.41, 5.74) is 12.1. The molecule has 0 heterocycles. The van der Waals surface area contributed by atoms with Gasteiger partial charge in [0.15, 0.2) is 0 Å². The molecule has 0 atom stereocenters. The summed E-state index contributed by atoms with van der Waals surface area (Å²) < 4.78 is 0.798. The molecule has 15 heavy (non-hydrogen) atoms. The number of carbonyl (C=O) groups excluding carboxylic acids is 1. The number of halogens is 1. The summed E-state index contributed by atoms with van der Waals surface area (Å²) in [6, 6.07) is 5.12. The number of nitrogen functional groups attached to an aromatic ring is 1. The number of carbonyl (C=O) groups is 1. The molecule has 1 aromatic carbocycles. The van der Waals surface area contributed by atoms with E-state index in [4.69, 9.17) is 11.5 Å². The maximum atomic E-state index is 11.6. The van der Waals surface area contributed by atoms with E-state index >= 15 is 0 Å². The van der Waals surface area contributed by atoms with Crippen molar-refractivity contribution in [1.29, 1.82) is 0 Å². The Morgan fingerprint density at radius 1 is 1.40 bits per heavy atom. The van der Waals surface area contributed by atoms with Gasteiger partial charge in [0.1, 0.15) is 0 Å². The summed E-state index contributed by atoms with van der Waals surface area (Å²) >= 11 is 3.28. The Morgan fingerprint density at radius 2 is 2.13 bits per heavy atom. The van der Waals surface area contributed by atoms with Crippen LogP contribution in [0.1, 0.15) is 16.8 Å². The van der Waals surface area contributed by atoms with Crippen LogP contribution in [0.15, 0.2) is 22.7 Å². The Kier molecular flexibility index (Phi) is 4.58. The minimum atomic E-state index is -0.128. The van der Waals surface area contributed by atoms with Gasteiger partial charge >= 0.3 is 0 Å². The van der Waals surface area contributed by atoms with Crippen LogP contribution in [-0.4, -0.2) is 19.0 Å². The summed E-state index contributed by atoms with van der Waals surface area (Å²) in [5, 5.41) is 2.76. The standard InChI is InChI=1S/C10H14BrN3O/c11-8-4-7(5-9(13)6-8)10(15)14-3-1-2-12/h4-6H,1-3,12-13H2,(H,14,15). The van der Waals surface area contributed by atoms with Gasteiger partial charge in [-0.2, -0.15) is 0 Å². The van der Waals surface area contributed by atoms with Crippen LogP contribution in [-0.2, 0) is 0 Å². The van der Waals surface area contributed by atoms with Crippen molar-refractivity contribution in [2.45, 2.75) is 6.42 Å². The van der Waals surface area contributed by atoms with Crippen LogP contribution in [0.2, 0.25) is 0 Å². The van der Waals surface area contributed by atoms with E-state index in [2.05, 4.69) is 21.2 Å². The lowest BCUT2D eigenvalue weighted by Gasteiger charge is -2.05. The van der Waals surface area contributed by atoms with Crippen LogP contribution in [0.5, 0.6) is 0 Å². The molecule has 5 N–H and O–H groups in total. The molecule has 0 spiro atoms. The van der Waals surface area contributed by atoms with Gasteiger partial charge in [0, 0.05) is 22.3 Å². The van der Waals surface area contributed by atoms with Crippen molar-refractivity contribution in [3.63, 3.8) is 0 Å². The Balaban J connectivity index is 2.65. The molecule has 1 amide bonds. The average Bonchev–Trinajstić information content (AvgIpc) is 2.16. The molecule has 82 valence electrons. The fourth-order valence-corrected chi connectivity index (χ4v) is 1.66. The second-order valence-corrected chi connectivity index (χ2v) is 4.09. The maximum absolute atomic E-state index is 11.6. The molecular weight excluding hydrogens is 258 g/mol. The highest BCUT2D eigenvalue weighted by Gasteiger charge is 2.05. The number of hydrogen-bond acceptors (Lipinski definition) is 3. The van der Waals surface area contributed by atoms with Crippen LogP contribution in [0.25, 0.3) is 0 Å². The fraction of sp³-hybridized carbons (Fsp3) is 0.300. The second kappa shape index (κ2) is 5.72. The number of nitrogens with one attached hydrogen (secondary N) is 1. The number of rotatable bonds is 4. The van der Waals surface area contributed by atoms with E-state index in [0.717, 1.165) is 10.9 Å². The first-order valence-electron chi connectivity index (χ1n) is 4.68. The lowest BCUT2D eigenvalue weighted by molar-refractivity contribution is 0.0953. The third-order valence-electron chi connectivity index (χ3n) is 1.85. The van der Waals surface area contributed by atoms with Crippen molar-refractivity contribution >= 4 is 27.5 Å².